The van der Waals surface area contributed by atoms with E-state index >= 15 is 0 Å². The van der Waals surface area contributed by atoms with Gasteiger partial charge in [0.2, 0.25) is 0 Å². The van der Waals surface area contributed by atoms with Crippen LogP contribution >= 0.6 is 0 Å². The summed E-state index contributed by atoms with van der Waals surface area (Å²) in [5.41, 5.74) is 6.47. The summed E-state index contributed by atoms with van der Waals surface area (Å²) in [6, 6.07) is 0.407. The van der Waals surface area contributed by atoms with E-state index in [4.69, 9.17) is 10.5 Å². The number of hydrogen-bond donors (Lipinski definition) is 1. The fraction of sp³-hybridized carbons (Fsp3) is 1.00. The van der Waals surface area contributed by atoms with Gasteiger partial charge in [0.05, 0.1) is 13.2 Å². The lowest BCUT2D eigenvalue weighted by Gasteiger charge is -2.45. The minimum absolute atomic E-state index is 0.179. The average Bonchev–Trinajstić information content (AvgIpc) is 2.26. The lowest BCUT2D eigenvalue weighted by molar-refractivity contribution is -0.0612. The monoisotopic (exact) mass is 240 g/mol. The second-order valence-corrected chi connectivity index (χ2v) is 6.65. The van der Waals surface area contributed by atoms with E-state index in [9.17, 15) is 0 Å². The van der Waals surface area contributed by atoms with E-state index in [0.29, 0.717) is 12.0 Å². The number of rotatable bonds is 2. The average molecular weight is 240 g/mol. The molecule has 0 aromatic carbocycles. The molecule has 2 rings (SSSR count). The Morgan fingerprint density at radius 2 is 2.12 bits per heavy atom. The molecule has 100 valence electrons. The highest BCUT2D eigenvalue weighted by atomic mass is 16.5. The normalized spacial score (nSPS) is 39.2. The molecule has 0 amide bonds. The third kappa shape index (κ3) is 3.21. The summed E-state index contributed by atoms with van der Waals surface area (Å²) >= 11 is 0. The van der Waals surface area contributed by atoms with Crippen molar-refractivity contribution < 1.29 is 4.74 Å². The maximum atomic E-state index is 6.29. The molecule has 0 aromatic heterocycles. The molecule has 0 aromatic rings. The van der Waals surface area contributed by atoms with Gasteiger partial charge in [-0.15, -0.1) is 0 Å². The molecule has 1 aliphatic carbocycles. The molecule has 3 heteroatoms. The van der Waals surface area contributed by atoms with E-state index in [1.165, 1.54) is 19.3 Å². The van der Waals surface area contributed by atoms with Gasteiger partial charge in [0.15, 0.2) is 0 Å². The molecule has 2 fully saturated rings. The van der Waals surface area contributed by atoms with Gasteiger partial charge in [-0.05, 0) is 44.9 Å². The van der Waals surface area contributed by atoms with E-state index in [2.05, 4.69) is 25.7 Å². The summed E-state index contributed by atoms with van der Waals surface area (Å²) in [6.07, 6.45) is 3.81. The van der Waals surface area contributed by atoms with Crippen molar-refractivity contribution in [2.75, 3.05) is 26.3 Å². The first-order valence-electron chi connectivity index (χ1n) is 7.07. The van der Waals surface area contributed by atoms with Crippen molar-refractivity contribution in [1.82, 2.24) is 4.90 Å². The van der Waals surface area contributed by atoms with Gasteiger partial charge in [0.25, 0.3) is 0 Å². The maximum absolute atomic E-state index is 6.29. The summed E-state index contributed by atoms with van der Waals surface area (Å²) in [7, 11) is 0. The fourth-order valence-electron chi connectivity index (χ4n) is 3.24. The highest BCUT2D eigenvalue weighted by molar-refractivity contribution is 4.89. The second kappa shape index (κ2) is 5.25. The lowest BCUT2D eigenvalue weighted by Crippen LogP contribution is -2.56. The molecular formula is C14H28N2O. The van der Waals surface area contributed by atoms with Crippen molar-refractivity contribution in [3.8, 4) is 0 Å². The van der Waals surface area contributed by atoms with Crippen LogP contribution in [0.5, 0.6) is 0 Å². The Morgan fingerprint density at radius 1 is 1.35 bits per heavy atom. The van der Waals surface area contributed by atoms with Crippen LogP contribution in [0.2, 0.25) is 0 Å². The van der Waals surface area contributed by atoms with Crippen molar-refractivity contribution in [2.24, 2.45) is 17.6 Å². The van der Waals surface area contributed by atoms with Crippen LogP contribution in [0.15, 0.2) is 0 Å². The molecule has 3 atom stereocenters. The molecule has 0 radical (unpaired) electrons. The van der Waals surface area contributed by atoms with Gasteiger partial charge in [-0.1, -0.05) is 6.92 Å². The number of morpholine rings is 1. The van der Waals surface area contributed by atoms with E-state index < -0.39 is 0 Å². The standard InChI is InChI=1S/C14H28N2O/c1-11-4-5-13(15)12(8-11)9-16-6-7-17-10-14(16,2)3/h11-13H,4-10,15H2,1-3H3. The molecule has 0 bridgehead atoms. The third-order valence-electron chi connectivity index (χ3n) is 4.58. The number of nitrogens with two attached hydrogens (primary N) is 1. The molecule has 1 aliphatic heterocycles. The number of nitrogens with zero attached hydrogens (tertiary/aromatic N) is 1. The van der Waals surface area contributed by atoms with Crippen LogP contribution in [0.25, 0.3) is 0 Å². The molecule has 1 heterocycles. The van der Waals surface area contributed by atoms with Crippen molar-refractivity contribution in [3.63, 3.8) is 0 Å². The van der Waals surface area contributed by atoms with Crippen molar-refractivity contribution >= 4 is 0 Å². The highest BCUT2D eigenvalue weighted by Gasteiger charge is 2.35. The van der Waals surface area contributed by atoms with E-state index in [1.807, 2.05) is 0 Å². The summed E-state index contributed by atoms with van der Waals surface area (Å²) in [6.45, 7) is 10.9. The van der Waals surface area contributed by atoms with Crippen LogP contribution in [0.1, 0.15) is 40.0 Å². The van der Waals surface area contributed by atoms with Crippen LogP contribution in [-0.4, -0.2) is 42.8 Å². The van der Waals surface area contributed by atoms with Gasteiger partial charge >= 0.3 is 0 Å². The SMILES string of the molecule is CC1CCC(N)C(CN2CCOCC2(C)C)C1. The topological polar surface area (TPSA) is 38.5 Å². The quantitative estimate of drug-likeness (QED) is 0.800. The van der Waals surface area contributed by atoms with Crippen molar-refractivity contribution in [2.45, 2.75) is 51.6 Å². The van der Waals surface area contributed by atoms with Crippen LogP contribution in [0.4, 0.5) is 0 Å². The van der Waals surface area contributed by atoms with Gasteiger partial charge in [-0.2, -0.15) is 0 Å². The Labute approximate surface area is 106 Å². The minimum Gasteiger partial charge on any atom is -0.378 e. The fourth-order valence-corrected chi connectivity index (χ4v) is 3.24. The zero-order valence-corrected chi connectivity index (χ0v) is 11.6. The Kier molecular flexibility index (Phi) is 4.11. The van der Waals surface area contributed by atoms with E-state index in [-0.39, 0.29) is 5.54 Å². The van der Waals surface area contributed by atoms with Gasteiger partial charge in [0, 0.05) is 24.7 Å². The highest BCUT2D eigenvalue weighted by Crippen LogP contribution is 2.30. The number of ether oxygens (including phenoxy) is 1. The Morgan fingerprint density at radius 3 is 2.82 bits per heavy atom. The van der Waals surface area contributed by atoms with Crippen LogP contribution < -0.4 is 5.73 Å². The third-order valence-corrected chi connectivity index (χ3v) is 4.58. The first-order chi connectivity index (χ1) is 7.99. The van der Waals surface area contributed by atoms with Gasteiger partial charge in [0.1, 0.15) is 0 Å². The molecule has 1 saturated carbocycles. The minimum atomic E-state index is 0.179. The summed E-state index contributed by atoms with van der Waals surface area (Å²) in [5, 5.41) is 0. The predicted octanol–water partition coefficient (Wildman–Crippen LogP) is 1.86. The summed E-state index contributed by atoms with van der Waals surface area (Å²) in [5.74, 6) is 1.53. The molecule has 1 saturated heterocycles. The molecule has 3 unspecified atom stereocenters. The first kappa shape index (κ1) is 13.3. The van der Waals surface area contributed by atoms with Crippen LogP contribution in [0.3, 0.4) is 0 Å². The molecule has 2 N–H and O–H groups in total. The van der Waals surface area contributed by atoms with Crippen molar-refractivity contribution in [1.29, 1.82) is 0 Å². The molecule has 17 heavy (non-hydrogen) atoms. The summed E-state index contributed by atoms with van der Waals surface area (Å²) in [4.78, 5) is 2.58. The molecular weight excluding hydrogens is 212 g/mol. The van der Waals surface area contributed by atoms with Crippen molar-refractivity contribution in [3.05, 3.63) is 0 Å². The second-order valence-electron chi connectivity index (χ2n) is 6.65. The smallest absolute Gasteiger partial charge is 0.0645 e. The predicted molar refractivity (Wildman–Crippen MR) is 71.0 cm³/mol. The van der Waals surface area contributed by atoms with Gasteiger partial charge < -0.3 is 10.5 Å². The molecule has 3 nitrogen and oxygen atoms in total. The van der Waals surface area contributed by atoms with Crippen LogP contribution in [0, 0.1) is 11.8 Å². The van der Waals surface area contributed by atoms with Gasteiger partial charge in [-0.3, -0.25) is 4.90 Å². The Bertz CT molecular complexity index is 255. The maximum Gasteiger partial charge on any atom is 0.0645 e. The zero-order chi connectivity index (χ0) is 12.5. The largest absolute Gasteiger partial charge is 0.378 e. The van der Waals surface area contributed by atoms with Crippen LogP contribution in [-0.2, 0) is 4.74 Å². The number of hydrogen-bond acceptors (Lipinski definition) is 3. The van der Waals surface area contributed by atoms with Gasteiger partial charge in [-0.25, -0.2) is 0 Å². The first-order valence-corrected chi connectivity index (χ1v) is 7.07. The zero-order valence-electron chi connectivity index (χ0n) is 11.6. The van der Waals surface area contributed by atoms with E-state index in [0.717, 1.165) is 32.2 Å². The lowest BCUT2D eigenvalue weighted by atomic mass is 9.78. The van der Waals surface area contributed by atoms with E-state index in [1.54, 1.807) is 0 Å². The Hall–Kier alpha value is -0.120. The molecule has 0 spiro atoms. The molecule has 2 aliphatic rings. The Balaban J connectivity index is 1.94. The summed E-state index contributed by atoms with van der Waals surface area (Å²) < 4.78 is 5.58.